The minimum absolute atomic E-state index is 0.106. The van der Waals surface area contributed by atoms with Gasteiger partial charge < -0.3 is 24.3 Å². The molecule has 1 aliphatic rings. The molecule has 1 N–H and O–H groups in total. The summed E-state index contributed by atoms with van der Waals surface area (Å²) in [6.07, 6.45) is 5.67. The third kappa shape index (κ3) is 9.61. The van der Waals surface area contributed by atoms with Gasteiger partial charge in [-0.2, -0.15) is 0 Å². The molecular weight excluding hydrogens is 446 g/mol. The van der Waals surface area contributed by atoms with Crippen molar-refractivity contribution in [3.05, 3.63) is 65.7 Å². The molecule has 0 aromatic heterocycles. The first-order valence-corrected chi connectivity index (χ1v) is 12.3. The van der Waals surface area contributed by atoms with Gasteiger partial charge >= 0.3 is 12.1 Å². The second-order valence-electron chi connectivity index (χ2n) is 9.72. The summed E-state index contributed by atoms with van der Waals surface area (Å²) in [5, 5.41) is 2.64. The summed E-state index contributed by atoms with van der Waals surface area (Å²) < 4.78 is 22.5. The highest BCUT2D eigenvalue weighted by Crippen LogP contribution is 2.22. The number of rotatable bonds is 10. The molecule has 0 aliphatic heterocycles. The molecule has 0 unspecified atom stereocenters. The van der Waals surface area contributed by atoms with Gasteiger partial charge in [-0.3, -0.25) is 0 Å². The first-order valence-electron chi connectivity index (χ1n) is 12.3. The van der Waals surface area contributed by atoms with E-state index in [4.69, 9.17) is 18.9 Å². The van der Waals surface area contributed by atoms with Crippen LogP contribution in [-0.4, -0.2) is 37.0 Å². The number of hydrogen-bond acceptors (Lipinski definition) is 6. The van der Waals surface area contributed by atoms with Crippen molar-refractivity contribution in [1.82, 2.24) is 5.32 Å². The molecule has 35 heavy (non-hydrogen) atoms. The zero-order chi connectivity index (χ0) is 25.1. The second kappa shape index (κ2) is 13.1. The molecule has 0 heterocycles. The molecule has 0 spiro atoms. The summed E-state index contributed by atoms with van der Waals surface area (Å²) in [5.41, 5.74) is 0.732. The molecule has 7 nitrogen and oxygen atoms in total. The van der Waals surface area contributed by atoms with Gasteiger partial charge in [-0.25, -0.2) is 9.59 Å². The van der Waals surface area contributed by atoms with Crippen LogP contribution in [0.5, 0.6) is 5.75 Å². The summed E-state index contributed by atoms with van der Waals surface area (Å²) in [6, 6.07) is 15.4. The highest BCUT2D eigenvalue weighted by Gasteiger charge is 2.27. The first kappa shape index (κ1) is 26.5. The van der Waals surface area contributed by atoms with Crippen LogP contribution in [0.2, 0.25) is 0 Å². The Bertz CT molecular complexity index is 917. The van der Waals surface area contributed by atoms with Crippen LogP contribution < -0.4 is 10.1 Å². The SMILES string of the molecule is CC(C)(C)OC(=O)N[C@H](C(=O)OCc1ccccc1)c1ccc(OCCOC2CCCCC2)cc1. The Morgan fingerprint density at radius 3 is 2.29 bits per heavy atom. The molecule has 7 heteroatoms. The lowest BCUT2D eigenvalue weighted by atomic mass is 9.98. The van der Waals surface area contributed by atoms with Crippen molar-refractivity contribution in [1.29, 1.82) is 0 Å². The predicted octanol–water partition coefficient (Wildman–Crippen LogP) is 5.72. The zero-order valence-electron chi connectivity index (χ0n) is 21.0. The number of hydrogen-bond donors (Lipinski definition) is 1. The smallest absolute Gasteiger partial charge is 0.408 e. The van der Waals surface area contributed by atoms with Gasteiger partial charge in [-0.05, 0) is 56.9 Å². The van der Waals surface area contributed by atoms with E-state index in [-0.39, 0.29) is 6.61 Å². The van der Waals surface area contributed by atoms with Crippen LogP contribution in [0.3, 0.4) is 0 Å². The van der Waals surface area contributed by atoms with Crippen LogP contribution in [0.4, 0.5) is 4.79 Å². The molecule has 2 aromatic rings. The molecule has 0 bridgehead atoms. The normalized spacial score (nSPS) is 15.2. The van der Waals surface area contributed by atoms with E-state index >= 15 is 0 Å². The van der Waals surface area contributed by atoms with Gasteiger partial charge in [0.25, 0.3) is 0 Å². The van der Waals surface area contributed by atoms with Crippen LogP contribution in [0.1, 0.15) is 70.0 Å². The van der Waals surface area contributed by atoms with E-state index in [9.17, 15) is 9.59 Å². The quantitative estimate of drug-likeness (QED) is 0.344. The Morgan fingerprint density at radius 1 is 0.943 bits per heavy atom. The van der Waals surface area contributed by atoms with Crippen LogP contribution in [0.25, 0.3) is 0 Å². The molecule has 1 fully saturated rings. The molecule has 190 valence electrons. The van der Waals surface area contributed by atoms with Crippen LogP contribution >= 0.6 is 0 Å². The minimum atomic E-state index is -1.02. The largest absolute Gasteiger partial charge is 0.491 e. The highest BCUT2D eigenvalue weighted by atomic mass is 16.6. The Kier molecular flexibility index (Phi) is 9.97. The molecule has 1 aliphatic carbocycles. The second-order valence-corrected chi connectivity index (χ2v) is 9.72. The van der Waals surface area contributed by atoms with Gasteiger partial charge in [0, 0.05) is 0 Å². The van der Waals surface area contributed by atoms with E-state index < -0.39 is 23.7 Å². The van der Waals surface area contributed by atoms with Crippen molar-refractivity contribution in [2.75, 3.05) is 13.2 Å². The number of carbonyl (C=O) groups excluding carboxylic acids is 2. The molecule has 1 amide bonds. The van der Waals surface area contributed by atoms with Crippen molar-refractivity contribution < 1.29 is 28.5 Å². The summed E-state index contributed by atoms with van der Waals surface area (Å²) in [4.78, 5) is 25.3. The predicted molar refractivity (Wildman–Crippen MR) is 133 cm³/mol. The lowest BCUT2D eigenvalue weighted by molar-refractivity contribution is -0.147. The molecule has 0 saturated heterocycles. The standard InChI is InChI=1S/C28H37NO6/c1-28(2,3)35-27(31)29-25(26(30)34-20-21-10-6-4-7-11-21)22-14-16-24(17-15-22)33-19-18-32-23-12-8-5-9-13-23/h4,6-7,10-11,14-17,23,25H,5,8-9,12-13,18-20H2,1-3H3,(H,29,31)/t25-/m0/s1. The van der Waals surface area contributed by atoms with E-state index in [1.165, 1.54) is 19.3 Å². The Morgan fingerprint density at radius 2 is 1.63 bits per heavy atom. The molecular formula is C28H37NO6. The van der Waals surface area contributed by atoms with E-state index in [2.05, 4.69) is 5.32 Å². The average molecular weight is 484 g/mol. The topological polar surface area (TPSA) is 83.1 Å². The number of amides is 1. The maximum atomic E-state index is 12.9. The zero-order valence-corrected chi connectivity index (χ0v) is 21.0. The van der Waals surface area contributed by atoms with E-state index in [1.807, 2.05) is 30.3 Å². The van der Waals surface area contributed by atoms with Crippen LogP contribution in [0, 0.1) is 0 Å². The number of benzene rings is 2. The monoisotopic (exact) mass is 483 g/mol. The fourth-order valence-corrected chi connectivity index (χ4v) is 3.88. The Balaban J connectivity index is 1.58. The lowest BCUT2D eigenvalue weighted by Gasteiger charge is -2.23. The fourth-order valence-electron chi connectivity index (χ4n) is 3.88. The number of carbonyl (C=O) groups is 2. The summed E-state index contributed by atoms with van der Waals surface area (Å²) in [7, 11) is 0. The summed E-state index contributed by atoms with van der Waals surface area (Å²) in [6.45, 7) is 6.39. The maximum absolute atomic E-state index is 12.9. The maximum Gasteiger partial charge on any atom is 0.408 e. The third-order valence-corrected chi connectivity index (χ3v) is 5.59. The molecule has 1 atom stereocenters. The van der Waals surface area contributed by atoms with Gasteiger partial charge in [0.15, 0.2) is 6.04 Å². The molecule has 0 radical (unpaired) electrons. The van der Waals surface area contributed by atoms with Gasteiger partial charge in [0.05, 0.1) is 12.7 Å². The first-order chi connectivity index (χ1) is 16.8. The van der Waals surface area contributed by atoms with E-state index in [0.717, 1.165) is 18.4 Å². The van der Waals surface area contributed by atoms with Gasteiger partial charge in [0.2, 0.25) is 0 Å². The highest BCUT2D eigenvalue weighted by molar-refractivity contribution is 5.83. The summed E-state index contributed by atoms with van der Waals surface area (Å²) in [5.74, 6) is 0.0870. The third-order valence-electron chi connectivity index (χ3n) is 5.59. The fraction of sp³-hybridized carbons (Fsp3) is 0.500. The Labute approximate surface area is 208 Å². The van der Waals surface area contributed by atoms with Gasteiger partial charge in [-0.1, -0.05) is 61.7 Å². The van der Waals surface area contributed by atoms with Gasteiger partial charge in [-0.15, -0.1) is 0 Å². The van der Waals surface area contributed by atoms with Crippen LogP contribution in [0.15, 0.2) is 54.6 Å². The van der Waals surface area contributed by atoms with Crippen LogP contribution in [-0.2, 0) is 25.6 Å². The number of alkyl carbamates (subject to hydrolysis) is 1. The number of esters is 1. The molecule has 1 saturated carbocycles. The molecule has 3 rings (SSSR count). The Hall–Kier alpha value is -3.06. The van der Waals surface area contributed by atoms with Crippen molar-refractivity contribution in [2.24, 2.45) is 0 Å². The van der Waals surface area contributed by atoms with Crippen molar-refractivity contribution in [2.45, 2.75) is 77.2 Å². The van der Waals surface area contributed by atoms with Crippen molar-refractivity contribution in [3.8, 4) is 5.75 Å². The summed E-state index contributed by atoms with van der Waals surface area (Å²) >= 11 is 0. The average Bonchev–Trinajstić information content (AvgIpc) is 2.84. The van der Waals surface area contributed by atoms with E-state index in [1.54, 1.807) is 45.0 Å². The minimum Gasteiger partial charge on any atom is -0.491 e. The number of ether oxygens (including phenoxy) is 4. The van der Waals surface area contributed by atoms with Gasteiger partial charge in [0.1, 0.15) is 24.6 Å². The van der Waals surface area contributed by atoms with Crippen molar-refractivity contribution >= 4 is 12.1 Å². The lowest BCUT2D eigenvalue weighted by Crippen LogP contribution is -2.38. The van der Waals surface area contributed by atoms with E-state index in [0.29, 0.717) is 30.6 Å². The molecule has 2 aromatic carbocycles. The van der Waals surface area contributed by atoms with Crippen molar-refractivity contribution in [3.63, 3.8) is 0 Å². The number of nitrogens with one attached hydrogen (secondary N) is 1.